The molecule has 4 rings (SSSR count). The van der Waals surface area contributed by atoms with Crippen LogP contribution in [0.2, 0.25) is 5.02 Å². The Morgan fingerprint density at radius 1 is 1.37 bits per heavy atom. The summed E-state index contributed by atoms with van der Waals surface area (Å²) in [6.45, 7) is 7.52. The van der Waals surface area contributed by atoms with Gasteiger partial charge < -0.3 is 4.74 Å². The van der Waals surface area contributed by atoms with Crippen molar-refractivity contribution in [3.05, 3.63) is 52.5 Å². The highest BCUT2D eigenvalue weighted by molar-refractivity contribution is 7.99. The number of ether oxygens (including phenoxy) is 1. The maximum absolute atomic E-state index is 13.6. The highest BCUT2D eigenvalue weighted by Gasteiger charge is 2.27. The number of thioether (sulfide) groups is 1. The van der Waals surface area contributed by atoms with Gasteiger partial charge >= 0.3 is 0 Å². The fraction of sp³-hybridized carbons (Fsp3) is 0.391. The highest BCUT2D eigenvalue weighted by atomic mass is 35.5. The van der Waals surface area contributed by atoms with E-state index in [0.29, 0.717) is 27.5 Å². The quantitative estimate of drug-likeness (QED) is 0.389. The van der Waals surface area contributed by atoms with Gasteiger partial charge in [-0.15, -0.1) is 11.8 Å². The van der Waals surface area contributed by atoms with Crippen molar-refractivity contribution in [2.45, 2.75) is 49.9 Å². The molecular formula is C23H25ClN2O2S2. The zero-order valence-corrected chi connectivity index (χ0v) is 19.7. The van der Waals surface area contributed by atoms with E-state index in [-0.39, 0.29) is 12.0 Å². The number of anilines is 1. The number of nitrogens with zero attached hydrogens (tertiary/aromatic N) is 2. The molecule has 1 amide bonds. The summed E-state index contributed by atoms with van der Waals surface area (Å²) in [5.41, 5.74) is 2.47. The minimum Gasteiger partial charge on any atom is -0.376 e. The maximum Gasteiger partial charge on any atom is 0.260 e. The Balaban J connectivity index is 1.71. The first-order valence-electron chi connectivity index (χ1n) is 10.2. The van der Waals surface area contributed by atoms with Crippen LogP contribution in [0.1, 0.15) is 42.6 Å². The Kier molecular flexibility index (Phi) is 6.68. The Morgan fingerprint density at radius 3 is 2.93 bits per heavy atom. The fourth-order valence-corrected chi connectivity index (χ4v) is 5.66. The number of thiazole rings is 1. The second kappa shape index (κ2) is 9.27. The molecule has 1 saturated heterocycles. The van der Waals surface area contributed by atoms with E-state index in [2.05, 4.69) is 19.9 Å². The number of carbonyl (C=O) groups is 1. The largest absolute Gasteiger partial charge is 0.376 e. The van der Waals surface area contributed by atoms with Crippen LogP contribution in [0.5, 0.6) is 0 Å². The van der Waals surface area contributed by atoms with Crippen LogP contribution < -0.4 is 4.90 Å². The van der Waals surface area contributed by atoms with Crippen LogP contribution in [0.3, 0.4) is 0 Å². The van der Waals surface area contributed by atoms with E-state index in [1.807, 2.05) is 37.3 Å². The lowest BCUT2D eigenvalue weighted by Gasteiger charge is -2.23. The Bertz CT molecular complexity index is 1060. The van der Waals surface area contributed by atoms with E-state index in [1.165, 1.54) is 11.3 Å². The molecule has 158 valence electrons. The molecule has 0 aliphatic carbocycles. The highest BCUT2D eigenvalue weighted by Crippen LogP contribution is 2.35. The molecule has 0 saturated carbocycles. The van der Waals surface area contributed by atoms with Gasteiger partial charge in [-0.1, -0.05) is 42.9 Å². The van der Waals surface area contributed by atoms with Gasteiger partial charge in [0.25, 0.3) is 5.91 Å². The predicted molar refractivity (Wildman–Crippen MR) is 127 cm³/mol. The summed E-state index contributed by atoms with van der Waals surface area (Å²) in [5.74, 6) is -0.0421. The number of amides is 1. The van der Waals surface area contributed by atoms with E-state index < -0.39 is 0 Å². The number of fused-ring (bicyclic) bond motifs is 1. The molecule has 2 heterocycles. The van der Waals surface area contributed by atoms with Crippen molar-refractivity contribution in [1.29, 1.82) is 0 Å². The molecule has 3 aromatic rings. The predicted octanol–water partition coefficient (Wildman–Crippen LogP) is 6.58. The second-order valence-electron chi connectivity index (χ2n) is 7.76. The lowest BCUT2D eigenvalue weighted by molar-refractivity contribution is 0.0917. The van der Waals surface area contributed by atoms with Gasteiger partial charge in [-0.2, -0.15) is 0 Å². The smallest absolute Gasteiger partial charge is 0.260 e. The van der Waals surface area contributed by atoms with E-state index in [0.717, 1.165) is 40.1 Å². The van der Waals surface area contributed by atoms with Crippen molar-refractivity contribution in [2.24, 2.45) is 0 Å². The van der Waals surface area contributed by atoms with Gasteiger partial charge in [-0.05, 0) is 55.7 Å². The van der Waals surface area contributed by atoms with Crippen molar-refractivity contribution in [2.75, 3.05) is 18.1 Å². The third-order valence-corrected chi connectivity index (χ3v) is 7.53. The minimum absolute atomic E-state index is 0.0406. The second-order valence-corrected chi connectivity index (χ2v) is 10.8. The number of aryl methyl sites for hydroxylation is 1. The molecule has 4 nitrogen and oxygen atoms in total. The van der Waals surface area contributed by atoms with Crippen LogP contribution in [0.4, 0.5) is 5.13 Å². The maximum atomic E-state index is 13.6. The van der Waals surface area contributed by atoms with Crippen molar-refractivity contribution >= 4 is 56.0 Å². The molecule has 0 bridgehead atoms. The summed E-state index contributed by atoms with van der Waals surface area (Å²) in [6.07, 6.45) is 2.03. The number of rotatable bonds is 6. The van der Waals surface area contributed by atoms with Gasteiger partial charge in [0.1, 0.15) is 0 Å². The van der Waals surface area contributed by atoms with Crippen LogP contribution >= 0.6 is 34.7 Å². The molecule has 30 heavy (non-hydrogen) atoms. The first-order chi connectivity index (χ1) is 14.4. The first kappa shape index (κ1) is 21.6. The van der Waals surface area contributed by atoms with E-state index in [9.17, 15) is 4.79 Å². The van der Waals surface area contributed by atoms with Gasteiger partial charge in [0.05, 0.1) is 22.9 Å². The van der Waals surface area contributed by atoms with Gasteiger partial charge in [0.15, 0.2) is 5.13 Å². The first-order valence-corrected chi connectivity index (χ1v) is 12.3. The Hall–Kier alpha value is -1.60. The number of aromatic nitrogens is 1. The van der Waals surface area contributed by atoms with E-state index in [4.69, 9.17) is 21.3 Å². The summed E-state index contributed by atoms with van der Waals surface area (Å²) >= 11 is 9.57. The third-order valence-electron chi connectivity index (χ3n) is 5.08. The Morgan fingerprint density at radius 2 is 2.20 bits per heavy atom. The molecule has 1 fully saturated rings. The van der Waals surface area contributed by atoms with E-state index in [1.54, 1.807) is 16.7 Å². The number of carbonyl (C=O) groups excluding carboxylic acids is 1. The standard InChI is InChI=1S/C23H25ClN2O2S2/c1-14(2)29-18-8-4-6-16(12-18)22(27)26(13-17-7-5-11-28-17)23-25-21-15(3)19(24)9-10-20(21)30-23/h4,6,8-10,12,14,17H,5,7,11,13H2,1-3H3. The molecule has 1 aromatic heterocycles. The van der Waals surface area contributed by atoms with Crippen molar-refractivity contribution in [1.82, 2.24) is 4.98 Å². The summed E-state index contributed by atoms with van der Waals surface area (Å²) < 4.78 is 6.87. The minimum atomic E-state index is -0.0421. The van der Waals surface area contributed by atoms with Crippen LogP contribution in [-0.4, -0.2) is 35.4 Å². The van der Waals surface area contributed by atoms with Crippen LogP contribution in [0.15, 0.2) is 41.3 Å². The third kappa shape index (κ3) is 4.67. The number of hydrogen-bond acceptors (Lipinski definition) is 5. The molecule has 0 spiro atoms. The van der Waals surface area contributed by atoms with Gasteiger partial charge in [-0.3, -0.25) is 9.69 Å². The molecule has 1 aliphatic heterocycles. The zero-order chi connectivity index (χ0) is 21.3. The number of hydrogen-bond donors (Lipinski definition) is 0. The van der Waals surface area contributed by atoms with Gasteiger partial charge in [0.2, 0.25) is 0 Å². The summed E-state index contributed by atoms with van der Waals surface area (Å²) in [6, 6.07) is 11.7. The van der Waals surface area contributed by atoms with Gasteiger partial charge in [0, 0.05) is 27.3 Å². The SMILES string of the molecule is Cc1c(Cl)ccc2sc(N(CC3CCCO3)C(=O)c3cccc(SC(C)C)c3)nc12. The van der Waals surface area contributed by atoms with Crippen LogP contribution in [0.25, 0.3) is 10.2 Å². The molecule has 1 unspecified atom stereocenters. The van der Waals surface area contributed by atoms with E-state index >= 15 is 0 Å². The van der Waals surface area contributed by atoms with Gasteiger partial charge in [-0.25, -0.2) is 4.98 Å². The Labute approximate surface area is 190 Å². The molecule has 7 heteroatoms. The molecule has 1 atom stereocenters. The molecule has 0 N–H and O–H groups in total. The lowest BCUT2D eigenvalue weighted by atomic mass is 10.1. The molecule has 1 aliphatic rings. The normalized spacial score (nSPS) is 16.5. The summed E-state index contributed by atoms with van der Waals surface area (Å²) in [5, 5.41) is 1.84. The average molecular weight is 461 g/mol. The van der Waals surface area contributed by atoms with Crippen LogP contribution in [0, 0.1) is 6.92 Å². The van der Waals surface area contributed by atoms with Crippen molar-refractivity contribution in [3.63, 3.8) is 0 Å². The fourth-order valence-electron chi connectivity index (χ4n) is 3.57. The monoisotopic (exact) mass is 460 g/mol. The topological polar surface area (TPSA) is 42.4 Å². The summed E-state index contributed by atoms with van der Waals surface area (Å²) in [7, 11) is 0. The lowest BCUT2D eigenvalue weighted by Crippen LogP contribution is -2.37. The number of halogens is 1. The van der Waals surface area contributed by atoms with Crippen molar-refractivity contribution < 1.29 is 9.53 Å². The molecular weight excluding hydrogens is 436 g/mol. The van der Waals surface area contributed by atoms with Crippen molar-refractivity contribution in [3.8, 4) is 0 Å². The zero-order valence-electron chi connectivity index (χ0n) is 17.4. The van der Waals surface area contributed by atoms with Crippen LogP contribution in [-0.2, 0) is 4.74 Å². The molecule has 0 radical (unpaired) electrons. The summed E-state index contributed by atoms with van der Waals surface area (Å²) in [4.78, 5) is 21.3. The molecule has 2 aromatic carbocycles. The average Bonchev–Trinajstić information content (AvgIpc) is 3.38. The number of benzene rings is 2.